The van der Waals surface area contributed by atoms with Crippen LogP contribution in [-0.2, 0) is 0 Å². The van der Waals surface area contributed by atoms with E-state index in [2.05, 4.69) is 19.1 Å². The molecule has 12 heavy (non-hydrogen) atoms. The Morgan fingerprint density at radius 1 is 1.33 bits per heavy atom. The summed E-state index contributed by atoms with van der Waals surface area (Å²) in [5, 5.41) is 9.62. The van der Waals surface area contributed by atoms with Crippen molar-refractivity contribution in [3.63, 3.8) is 0 Å². The van der Waals surface area contributed by atoms with E-state index in [-0.39, 0.29) is 6.10 Å². The summed E-state index contributed by atoms with van der Waals surface area (Å²) in [6, 6.07) is 0. The standard InChI is InChI=1S/C11H20O/c1-2-3-4-7-10-8-5-6-9-11(10)12/h4,7,10-12H,2-3,5-6,8-9H2,1H3/b7-4+/t10-,11-/m1/s1. The molecule has 1 saturated carbocycles. The van der Waals surface area contributed by atoms with Gasteiger partial charge in [0, 0.05) is 5.92 Å². The number of rotatable bonds is 3. The Kier molecular flexibility index (Phi) is 4.37. The lowest BCUT2D eigenvalue weighted by Gasteiger charge is -2.24. The van der Waals surface area contributed by atoms with Gasteiger partial charge in [0.05, 0.1) is 6.10 Å². The van der Waals surface area contributed by atoms with Crippen molar-refractivity contribution in [1.82, 2.24) is 0 Å². The molecule has 0 saturated heterocycles. The topological polar surface area (TPSA) is 20.2 Å². The number of hydrogen-bond acceptors (Lipinski definition) is 1. The zero-order valence-electron chi connectivity index (χ0n) is 8.00. The van der Waals surface area contributed by atoms with Gasteiger partial charge in [-0.25, -0.2) is 0 Å². The van der Waals surface area contributed by atoms with Gasteiger partial charge in [0.25, 0.3) is 0 Å². The molecule has 1 aliphatic rings. The van der Waals surface area contributed by atoms with Crippen molar-refractivity contribution in [3.8, 4) is 0 Å². The fraction of sp³-hybridized carbons (Fsp3) is 0.818. The highest BCUT2D eigenvalue weighted by molar-refractivity contribution is 4.93. The lowest BCUT2D eigenvalue weighted by molar-refractivity contribution is 0.0926. The first-order chi connectivity index (χ1) is 5.84. The first kappa shape index (κ1) is 9.79. The molecule has 0 radical (unpaired) electrons. The lowest BCUT2D eigenvalue weighted by Crippen LogP contribution is -2.22. The van der Waals surface area contributed by atoms with E-state index in [1.165, 1.54) is 25.7 Å². The van der Waals surface area contributed by atoms with Crippen LogP contribution in [0.2, 0.25) is 0 Å². The molecule has 0 heterocycles. The molecular weight excluding hydrogens is 148 g/mol. The molecule has 0 aromatic carbocycles. The quantitative estimate of drug-likeness (QED) is 0.642. The molecule has 0 aromatic heterocycles. The number of unbranched alkanes of at least 4 members (excludes halogenated alkanes) is 1. The van der Waals surface area contributed by atoms with Gasteiger partial charge >= 0.3 is 0 Å². The summed E-state index contributed by atoms with van der Waals surface area (Å²) in [5.74, 6) is 0.449. The molecule has 2 atom stereocenters. The van der Waals surface area contributed by atoms with E-state index in [1.807, 2.05) is 0 Å². The zero-order chi connectivity index (χ0) is 8.81. The van der Waals surface area contributed by atoms with Crippen molar-refractivity contribution < 1.29 is 5.11 Å². The van der Waals surface area contributed by atoms with Crippen LogP contribution in [0.15, 0.2) is 12.2 Å². The molecule has 1 rings (SSSR count). The summed E-state index contributed by atoms with van der Waals surface area (Å²) in [5.41, 5.74) is 0. The largest absolute Gasteiger partial charge is 0.393 e. The average Bonchev–Trinajstić information content (AvgIpc) is 2.09. The van der Waals surface area contributed by atoms with Crippen LogP contribution in [0.25, 0.3) is 0 Å². The van der Waals surface area contributed by atoms with Crippen molar-refractivity contribution in [1.29, 1.82) is 0 Å². The van der Waals surface area contributed by atoms with Gasteiger partial charge in [-0.3, -0.25) is 0 Å². The normalized spacial score (nSPS) is 31.2. The van der Waals surface area contributed by atoms with Crippen molar-refractivity contribution in [3.05, 3.63) is 12.2 Å². The maximum Gasteiger partial charge on any atom is 0.0602 e. The number of allylic oxidation sites excluding steroid dienone is 1. The molecule has 0 bridgehead atoms. The molecule has 70 valence electrons. The molecule has 1 aliphatic carbocycles. The molecule has 0 spiro atoms. The SMILES string of the molecule is CCC/C=C/[C@@H]1CCCC[C@H]1O. The van der Waals surface area contributed by atoms with Gasteiger partial charge < -0.3 is 5.11 Å². The van der Waals surface area contributed by atoms with Gasteiger partial charge in [0.2, 0.25) is 0 Å². The van der Waals surface area contributed by atoms with Crippen LogP contribution in [-0.4, -0.2) is 11.2 Å². The summed E-state index contributed by atoms with van der Waals surface area (Å²) in [4.78, 5) is 0. The number of aliphatic hydroxyl groups excluding tert-OH is 1. The van der Waals surface area contributed by atoms with E-state index in [0.29, 0.717) is 5.92 Å². The van der Waals surface area contributed by atoms with Crippen LogP contribution >= 0.6 is 0 Å². The first-order valence-electron chi connectivity index (χ1n) is 5.19. The van der Waals surface area contributed by atoms with Crippen molar-refractivity contribution >= 4 is 0 Å². The highest BCUT2D eigenvalue weighted by Crippen LogP contribution is 2.25. The minimum atomic E-state index is -0.0631. The monoisotopic (exact) mass is 168 g/mol. The van der Waals surface area contributed by atoms with Gasteiger partial charge in [-0.1, -0.05) is 38.3 Å². The number of hydrogen-bond donors (Lipinski definition) is 1. The van der Waals surface area contributed by atoms with E-state index >= 15 is 0 Å². The molecule has 1 N–H and O–H groups in total. The van der Waals surface area contributed by atoms with Crippen molar-refractivity contribution in [2.75, 3.05) is 0 Å². The average molecular weight is 168 g/mol. The van der Waals surface area contributed by atoms with Gasteiger partial charge in [-0.15, -0.1) is 0 Å². The molecule has 1 heteroatoms. The maximum absolute atomic E-state index is 9.62. The Morgan fingerprint density at radius 3 is 2.75 bits per heavy atom. The minimum Gasteiger partial charge on any atom is -0.393 e. The first-order valence-corrected chi connectivity index (χ1v) is 5.19. The Hall–Kier alpha value is -0.300. The summed E-state index contributed by atoms with van der Waals surface area (Å²) < 4.78 is 0. The lowest BCUT2D eigenvalue weighted by atomic mass is 9.86. The summed E-state index contributed by atoms with van der Waals surface area (Å²) in [7, 11) is 0. The van der Waals surface area contributed by atoms with Crippen molar-refractivity contribution in [2.45, 2.75) is 51.6 Å². The molecule has 0 aromatic rings. The molecule has 0 amide bonds. The van der Waals surface area contributed by atoms with Gasteiger partial charge in [0.15, 0.2) is 0 Å². The third-order valence-corrected chi connectivity index (χ3v) is 2.62. The molecule has 1 fully saturated rings. The number of aliphatic hydroxyl groups is 1. The van der Waals surface area contributed by atoms with Crippen LogP contribution in [0, 0.1) is 5.92 Å². The van der Waals surface area contributed by atoms with Gasteiger partial charge in [-0.05, 0) is 19.3 Å². The Morgan fingerprint density at radius 2 is 2.08 bits per heavy atom. The van der Waals surface area contributed by atoms with Crippen molar-refractivity contribution in [2.24, 2.45) is 5.92 Å². The van der Waals surface area contributed by atoms with E-state index in [1.54, 1.807) is 0 Å². The zero-order valence-corrected chi connectivity index (χ0v) is 8.00. The van der Waals surface area contributed by atoms with Crippen LogP contribution in [0.4, 0.5) is 0 Å². The minimum absolute atomic E-state index is 0.0631. The predicted molar refractivity (Wildman–Crippen MR) is 52.0 cm³/mol. The van der Waals surface area contributed by atoms with E-state index < -0.39 is 0 Å². The third-order valence-electron chi connectivity index (χ3n) is 2.62. The van der Waals surface area contributed by atoms with E-state index in [0.717, 1.165) is 12.8 Å². The van der Waals surface area contributed by atoms with E-state index in [9.17, 15) is 5.11 Å². The Bertz CT molecular complexity index is 140. The Labute approximate surface area is 75.5 Å². The van der Waals surface area contributed by atoms with Gasteiger partial charge in [-0.2, -0.15) is 0 Å². The van der Waals surface area contributed by atoms with E-state index in [4.69, 9.17) is 0 Å². The van der Waals surface area contributed by atoms with Gasteiger partial charge in [0.1, 0.15) is 0 Å². The Balaban J connectivity index is 2.28. The highest BCUT2D eigenvalue weighted by Gasteiger charge is 2.19. The highest BCUT2D eigenvalue weighted by atomic mass is 16.3. The smallest absolute Gasteiger partial charge is 0.0602 e. The second-order valence-electron chi connectivity index (χ2n) is 3.73. The summed E-state index contributed by atoms with van der Waals surface area (Å²) >= 11 is 0. The predicted octanol–water partition coefficient (Wildman–Crippen LogP) is 2.89. The fourth-order valence-corrected chi connectivity index (χ4v) is 1.80. The molecular formula is C11H20O. The van der Waals surface area contributed by atoms with Crippen LogP contribution in [0.3, 0.4) is 0 Å². The molecule has 1 nitrogen and oxygen atoms in total. The summed E-state index contributed by atoms with van der Waals surface area (Å²) in [6.45, 7) is 2.18. The van der Waals surface area contributed by atoms with Crippen LogP contribution in [0.5, 0.6) is 0 Å². The molecule has 0 aliphatic heterocycles. The summed E-state index contributed by atoms with van der Waals surface area (Å²) in [6.07, 6.45) is 11.4. The third kappa shape index (κ3) is 2.98. The second kappa shape index (κ2) is 5.36. The molecule has 0 unspecified atom stereocenters. The fourth-order valence-electron chi connectivity index (χ4n) is 1.80. The second-order valence-corrected chi connectivity index (χ2v) is 3.73. The maximum atomic E-state index is 9.62. The van der Waals surface area contributed by atoms with Crippen LogP contribution in [0.1, 0.15) is 45.4 Å². The van der Waals surface area contributed by atoms with Crippen LogP contribution < -0.4 is 0 Å².